The predicted octanol–water partition coefficient (Wildman–Crippen LogP) is 4.53. The summed E-state index contributed by atoms with van der Waals surface area (Å²) in [6.07, 6.45) is 6.08. The molecule has 1 aromatic carbocycles. The molecule has 2 N–H and O–H groups in total. The van der Waals surface area contributed by atoms with Gasteiger partial charge in [-0.3, -0.25) is 10.00 Å². The smallest absolute Gasteiger partial charge is 0.229 e. The number of halogens is 2. The lowest BCUT2D eigenvalue weighted by Crippen LogP contribution is -2.45. The van der Waals surface area contributed by atoms with Crippen molar-refractivity contribution in [2.24, 2.45) is 5.92 Å². The molecule has 6 rings (SSSR count). The first-order chi connectivity index (χ1) is 18.1. The minimum atomic E-state index is -0.622. The van der Waals surface area contributed by atoms with E-state index in [0.29, 0.717) is 22.7 Å². The maximum Gasteiger partial charge on any atom is 0.229 e. The largest absolute Gasteiger partial charge is 0.309 e. The number of nitrogens with one attached hydrogen (secondary N) is 2. The van der Waals surface area contributed by atoms with Crippen LogP contribution < -0.4 is 5.32 Å². The third-order valence-corrected chi connectivity index (χ3v) is 7.28. The topological polar surface area (TPSA) is 85.9 Å². The van der Waals surface area contributed by atoms with Gasteiger partial charge in [0.1, 0.15) is 17.0 Å². The van der Waals surface area contributed by atoms with Crippen molar-refractivity contribution in [3.63, 3.8) is 0 Å². The molecule has 0 spiro atoms. The van der Waals surface area contributed by atoms with Crippen LogP contribution in [0.25, 0.3) is 22.2 Å². The van der Waals surface area contributed by atoms with Gasteiger partial charge < -0.3 is 10.2 Å². The fourth-order valence-corrected chi connectivity index (χ4v) is 4.89. The molecule has 4 heterocycles. The van der Waals surface area contributed by atoms with E-state index < -0.39 is 11.6 Å². The fourth-order valence-electron chi connectivity index (χ4n) is 4.89. The molecule has 0 amide bonds. The number of nitrogens with zero attached hydrogens (tertiary/aromatic N) is 6. The summed E-state index contributed by atoms with van der Waals surface area (Å²) in [5.74, 6) is 0.223. The van der Waals surface area contributed by atoms with Crippen LogP contribution in [-0.4, -0.2) is 67.7 Å². The van der Waals surface area contributed by atoms with Gasteiger partial charge in [-0.05, 0) is 55.5 Å². The summed E-state index contributed by atoms with van der Waals surface area (Å²) in [5.41, 5.74) is 2.64. The van der Waals surface area contributed by atoms with E-state index in [-0.39, 0.29) is 17.2 Å². The van der Waals surface area contributed by atoms with Gasteiger partial charge in [0.25, 0.3) is 0 Å². The molecule has 2 fully saturated rings. The number of hydrogen-bond acceptors (Lipinski definition) is 7. The molecule has 192 valence electrons. The van der Waals surface area contributed by atoms with Crippen molar-refractivity contribution in [3.8, 4) is 11.3 Å². The molecule has 0 bridgehead atoms. The number of pyridine rings is 1. The van der Waals surface area contributed by atoms with Gasteiger partial charge in [-0.1, -0.05) is 13.0 Å². The Morgan fingerprint density at radius 3 is 2.54 bits per heavy atom. The molecule has 1 saturated heterocycles. The summed E-state index contributed by atoms with van der Waals surface area (Å²) >= 11 is 0. The quantitative estimate of drug-likeness (QED) is 0.365. The molecular formula is C27H30F2N8. The first-order valence-electron chi connectivity index (χ1n) is 12.9. The van der Waals surface area contributed by atoms with Crippen molar-refractivity contribution < 1.29 is 8.78 Å². The number of aromatic amines is 1. The molecule has 1 aliphatic heterocycles. The zero-order valence-corrected chi connectivity index (χ0v) is 20.8. The Bertz CT molecular complexity index is 1390. The molecule has 1 saturated carbocycles. The van der Waals surface area contributed by atoms with E-state index >= 15 is 0 Å². The molecule has 10 heteroatoms. The maximum absolute atomic E-state index is 14.8. The van der Waals surface area contributed by atoms with Crippen LogP contribution in [0.3, 0.4) is 0 Å². The molecule has 37 heavy (non-hydrogen) atoms. The van der Waals surface area contributed by atoms with Gasteiger partial charge >= 0.3 is 0 Å². The van der Waals surface area contributed by atoms with Crippen molar-refractivity contribution in [3.05, 3.63) is 59.6 Å². The average Bonchev–Trinajstić information content (AvgIpc) is 3.64. The Hall–Kier alpha value is -3.50. The van der Waals surface area contributed by atoms with E-state index in [0.717, 1.165) is 63.1 Å². The van der Waals surface area contributed by atoms with Crippen LogP contribution in [0.5, 0.6) is 0 Å². The van der Waals surface area contributed by atoms with Crippen molar-refractivity contribution in [2.75, 3.05) is 38.0 Å². The summed E-state index contributed by atoms with van der Waals surface area (Å²) < 4.78 is 29.6. The molecule has 8 nitrogen and oxygen atoms in total. The number of rotatable bonds is 8. The molecule has 4 aromatic rings. The molecule has 0 radical (unpaired) electrons. The second-order valence-corrected chi connectivity index (χ2v) is 9.98. The maximum atomic E-state index is 14.8. The van der Waals surface area contributed by atoms with Gasteiger partial charge in [0.15, 0.2) is 11.6 Å². The van der Waals surface area contributed by atoms with Gasteiger partial charge in [0.05, 0.1) is 6.20 Å². The van der Waals surface area contributed by atoms with Crippen LogP contribution in [0, 0.1) is 17.6 Å². The van der Waals surface area contributed by atoms with Gasteiger partial charge in [-0.15, -0.1) is 0 Å². The molecule has 2 aliphatic rings. The van der Waals surface area contributed by atoms with E-state index in [4.69, 9.17) is 0 Å². The number of H-pyrrole nitrogens is 1. The number of anilines is 2. The van der Waals surface area contributed by atoms with E-state index in [1.165, 1.54) is 18.9 Å². The zero-order valence-electron chi connectivity index (χ0n) is 20.8. The summed E-state index contributed by atoms with van der Waals surface area (Å²) in [5, 5.41) is 10.8. The number of benzene rings is 1. The Kier molecular flexibility index (Phi) is 6.52. The Balaban J connectivity index is 1.18. The molecule has 1 aliphatic carbocycles. The van der Waals surface area contributed by atoms with Crippen LogP contribution in [-0.2, 0) is 13.0 Å². The first kappa shape index (κ1) is 23.9. The highest BCUT2D eigenvalue weighted by Gasteiger charge is 2.24. The minimum absolute atomic E-state index is 0.0275. The Morgan fingerprint density at radius 1 is 1.00 bits per heavy atom. The van der Waals surface area contributed by atoms with E-state index in [2.05, 4.69) is 47.2 Å². The van der Waals surface area contributed by atoms with Crippen molar-refractivity contribution in [1.82, 2.24) is 34.9 Å². The standard InChI is InChI=1S/C27H30F2N8/c1-2-36-7-9-37(10-8-36)16-18-5-6-24(30-14-18)32-27-31-15-22(29)25(33-27)19-12-20-23(11-17-3-4-17)34-35-26(20)21(28)13-19/h5-6,12-15,17H,2-4,7-11,16H2,1H3,(H,34,35)(H,30,31,32,33). The van der Waals surface area contributed by atoms with E-state index in [9.17, 15) is 8.78 Å². The number of fused-ring (bicyclic) bond motifs is 1. The third-order valence-electron chi connectivity index (χ3n) is 7.28. The molecular weight excluding hydrogens is 474 g/mol. The summed E-state index contributed by atoms with van der Waals surface area (Å²) in [6, 6.07) is 6.91. The second-order valence-electron chi connectivity index (χ2n) is 9.98. The van der Waals surface area contributed by atoms with Crippen molar-refractivity contribution in [2.45, 2.75) is 32.7 Å². The molecule has 0 unspecified atom stereocenters. The summed E-state index contributed by atoms with van der Waals surface area (Å²) in [7, 11) is 0. The van der Waals surface area contributed by atoms with Crippen molar-refractivity contribution >= 4 is 22.7 Å². The van der Waals surface area contributed by atoms with Gasteiger partial charge in [0.2, 0.25) is 5.95 Å². The lowest BCUT2D eigenvalue weighted by molar-refractivity contribution is 0.132. The van der Waals surface area contributed by atoms with Gasteiger partial charge in [-0.25, -0.2) is 23.7 Å². The Morgan fingerprint density at radius 2 is 1.81 bits per heavy atom. The van der Waals surface area contributed by atoms with Crippen LogP contribution >= 0.6 is 0 Å². The number of likely N-dealkylation sites (N-methyl/N-ethyl adjacent to an activating group) is 1. The van der Waals surface area contributed by atoms with Crippen LogP contribution in [0.4, 0.5) is 20.5 Å². The fraction of sp³-hybridized carbons (Fsp3) is 0.407. The molecule has 3 aromatic heterocycles. The Labute approximate surface area is 214 Å². The monoisotopic (exact) mass is 504 g/mol. The summed E-state index contributed by atoms with van der Waals surface area (Å²) in [6.45, 7) is 8.42. The van der Waals surface area contributed by atoms with Crippen LogP contribution in [0.1, 0.15) is 31.0 Å². The normalized spacial score (nSPS) is 16.9. The minimum Gasteiger partial charge on any atom is -0.309 e. The van der Waals surface area contributed by atoms with E-state index in [1.54, 1.807) is 6.07 Å². The first-order valence-corrected chi connectivity index (χ1v) is 12.9. The van der Waals surface area contributed by atoms with Crippen LogP contribution in [0.15, 0.2) is 36.7 Å². The number of piperazine rings is 1. The lowest BCUT2D eigenvalue weighted by Gasteiger charge is -2.33. The van der Waals surface area contributed by atoms with Gasteiger partial charge in [0, 0.05) is 55.6 Å². The second kappa shape index (κ2) is 10.1. The zero-order chi connectivity index (χ0) is 25.4. The predicted molar refractivity (Wildman–Crippen MR) is 138 cm³/mol. The number of hydrogen-bond donors (Lipinski definition) is 2. The van der Waals surface area contributed by atoms with Crippen molar-refractivity contribution in [1.29, 1.82) is 0 Å². The third kappa shape index (κ3) is 5.30. The van der Waals surface area contributed by atoms with Crippen LogP contribution in [0.2, 0.25) is 0 Å². The number of aromatic nitrogens is 5. The highest BCUT2D eigenvalue weighted by Crippen LogP contribution is 2.35. The van der Waals surface area contributed by atoms with Gasteiger partial charge in [-0.2, -0.15) is 5.10 Å². The van der Waals surface area contributed by atoms with E-state index in [1.807, 2.05) is 18.3 Å². The molecule has 0 atom stereocenters. The average molecular weight is 505 g/mol. The SMILES string of the molecule is CCN1CCN(Cc2ccc(Nc3ncc(F)c(-c4cc(F)c5n[nH]c(CC6CC6)c5c4)n3)nc2)CC1. The summed E-state index contributed by atoms with van der Waals surface area (Å²) in [4.78, 5) is 17.8. The highest BCUT2D eigenvalue weighted by atomic mass is 19.1. The highest BCUT2D eigenvalue weighted by molar-refractivity contribution is 5.87. The lowest BCUT2D eigenvalue weighted by atomic mass is 10.0.